The molecule has 1 rings (SSSR count). The summed E-state index contributed by atoms with van der Waals surface area (Å²) in [4.78, 5) is 13.5. The van der Waals surface area contributed by atoms with Crippen molar-refractivity contribution in [3.63, 3.8) is 0 Å². The molecule has 0 saturated heterocycles. The molecule has 0 aliphatic heterocycles. The molecule has 1 saturated carbocycles. The Bertz CT molecular complexity index is 191. The van der Waals surface area contributed by atoms with Gasteiger partial charge in [-0.15, -0.1) is 0 Å². The zero-order valence-electron chi connectivity index (χ0n) is 9.54. The maximum absolute atomic E-state index is 11.8. The van der Waals surface area contributed by atoms with Crippen LogP contribution in [0.2, 0.25) is 0 Å². The molecule has 0 radical (unpaired) electrons. The van der Waals surface area contributed by atoms with E-state index in [2.05, 4.69) is 5.32 Å². The van der Waals surface area contributed by atoms with Gasteiger partial charge in [-0.25, -0.2) is 4.79 Å². The monoisotopic (exact) mass is 214 g/mol. The maximum atomic E-state index is 11.8. The zero-order valence-corrected chi connectivity index (χ0v) is 9.54. The zero-order chi connectivity index (χ0) is 11.1. The van der Waals surface area contributed by atoms with Gasteiger partial charge in [0.05, 0.1) is 0 Å². The molecule has 0 aromatic carbocycles. The molecule has 4 nitrogen and oxygen atoms in total. The molecule has 0 aromatic heterocycles. The summed E-state index contributed by atoms with van der Waals surface area (Å²) in [6, 6.07) is 0.401. The number of carbonyl (C=O) groups is 1. The number of aliphatic hydroxyl groups is 1. The number of aliphatic hydroxyl groups excluding tert-OH is 1. The molecule has 1 fully saturated rings. The van der Waals surface area contributed by atoms with Crippen LogP contribution in [0.4, 0.5) is 4.79 Å². The minimum atomic E-state index is 0.0258. The van der Waals surface area contributed by atoms with Crippen LogP contribution in [-0.2, 0) is 0 Å². The summed E-state index contributed by atoms with van der Waals surface area (Å²) in [6.45, 7) is 3.46. The van der Waals surface area contributed by atoms with Crippen molar-refractivity contribution >= 4 is 6.03 Å². The lowest BCUT2D eigenvalue weighted by Crippen LogP contribution is -2.44. The molecule has 0 atom stereocenters. The average Bonchev–Trinajstić information content (AvgIpc) is 2.71. The molecule has 0 bridgehead atoms. The first-order chi connectivity index (χ1) is 7.27. The quantitative estimate of drug-likeness (QED) is 0.725. The summed E-state index contributed by atoms with van der Waals surface area (Å²) in [6.07, 6.45) is 5.35. The van der Waals surface area contributed by atoms with E-state index in [1.54, 1.807) is 4.90 Å². The average molecular weight is 214 g/mol. The normalized spacial score (nSPS) is 16.7. The van der Waals surface area contributed by atoms with E-state index in [0.29, 0.717) is 25.6 Å². The van der Waals surface area contributed by atoms with Crippen molar-refractivity contribution < 1.29 is 9.90 Å². The van der Waals surface area contributed by atoms with Gasteiger partial charge in [0.25, 0.3) is 0 Å². The third kappa shape index (κ3) is 4.08. The van der Waals surface area contributed by atoms with E-state index < -0.39 is 0 Å². The van der Waals surface area contributed by atoms with Gasteiger partial charge in [0.2, 0.25) is 0 Å². The fraction of sp³-hybridized carbons (Fsp3) is 0.909. The van der Waals surface area contributed by atoms with Crippen LogP contribution in [0.25, 0.3) is 0 Å². The Morgan fingerprint density at radius 1 is 1.47 bits per heavy atom. The molecule has 15 heavy (non-hydrogen) atoms. The topological polar surface area (TPSA) is 52.6 Å². The van der Waals surface area contributed by atoms with Crippen molar-refractivity contribution in [2.75, 3.05) is 19.7 Å². The first-order valence-electron chi connectivity index (χ1n) is 5.94. The smallest absolute Gasteiger partial charge is 0.317 e. The molecule has 0 spiro atoms. The Balaban J connectivity index is 2.28. The molecule has 2 amide bonds. The number of carbonyl (C=O) groups excluding carboxylic acids is 1. The predicted molar refractivity (Wildman–Crippen MR) is 59.7 cm³/mol. The number of nitrogens with one attached hydrogen (secondary N) is 1. The Hall–Kier alpha value is -0.770. The highest BCUT2D eigenvalue weighted by Gasteiger charge is 2.19. The van der Waals surface area contributed by atoms with E-state index in [1.165, 1.54) is 12.8 Å². The van der Waals surface area contributed by atoms with Crippen LogP contribution in [0.5, 0.6) is 0 Å². The van der Waals surface area contributed by atoms with E-state index in [9.17, 15) is 4.79 Å². The van der Waals surface area contributed by atoms with Crippen molar-refractivity contribution in [1.29, 1.82) is 0 Å². The lowest BCUT2D eigenvalue weighted by molar-refractivity contribution is 0.189. The second kappa shape index (κ2) is 6.67. The van der Waals surface area contributed by atoms with Crippen LogP contribution in [0.3, 0.4) is 0 Å². The number of amides is 2. The molecule has 1 aliphatic rings. The fourth-order valence-electron chi connectivity index (χ4n) is 2.00. The Kier molecular flexibility index (Phi) is 5.47. The van der Waals surface area contributed by atoms with Crippen molar-refractivity contribution in [2.45, 2.75) is 45.1 Å². The van der Waals surface area contributed by atoms with Crippen LogP contribution in [0.15, 0.2) is 0 Å². The lowest BCUT2D eigenvalue weighted by atomic mass is 10.2. The minimum Gasteiger partial charge on any atom is -0.396 e. The van der Waals surface area contributed by atoms with Gasteiger partial charge in [0, 0.05) is 25.7 Å². The Labute approximate surface area is 91.6 Å². The summed E-state index contributed by atoms with van der Waals surface area (Å²) in [5.41, 5.74) is 0. The number of nitrogens with zero attached hydrogens (tertiary/aromatic N) is 1. The first-order valence-corrected chi connectivity index (χ1v) is 5.94. The standard InChI is InChI=1S/C11H22N2O2/c1-2-13(8-5-9-14)11(15)12-10-6-3-4-7-10/h10,14H,2-9H2,1H3,(H,12,15). The van der Waals surface area contributed by atoms with Gasteiger partial charge in [0.15, 0.2) is 0 Å². The molecule has 0 unspecified atom stereocenters. The van der Waals surface area contributed by atoms with E-state index >= 15 is 0 Å². The van der Waals surface area contributed by atoms with Crippen LogP contribution in [0, 0.1) is 0 Å². The summed E-state index contributed by atoms with van der Waals surface area (Å²) in [5.74, 6) is 0. The molecule has 0 aromatic rings. The van der Waals surface area contributed by atoms with E-state index in [0.717, 1.165) is 12.8 Å². The Morgan fingerprint density at radius 3 is 2.67 bits per heavy atom. The summed E-state index contributed by atoms with van der Waals surface area (Å²) in [7, 11) is 0. The third-order valence-electron chi connectivity index (χ3n) is 2.94. The molecular weight excluding hydrogens is 192 g/mol. The SMILES string of the molecule is CCN(CCCO)C(=O)NC1CCCC1. The number of hydrogen-bond acceptors (Lipinski definition) is 2. The van der Waals surface area contributed by atoms with Gasteiger partial charge in [-0.05, 0) is 26.2 Å². The highest BCUT2D eigenvalue weighted by molar-refractivity contribution is 5.74. The molecule has 88 valence electrons. The van der Waals surface area contributed by atoms with E-state index in [4.69, 9.17) is 5.11 Å². The Morgan fingerprint density at radius 2 is 2.13 bits per heavy atom. The van der Waals surface area contributed by atoms with Crippen molar-refractivity contribution in [2.24, 2.45) is 0 Å². The molecule has 0 heterocycles. The van der Waals surface area contributed by atoms with Crippen molar-refractivity contribution in [3.05, 3.63) is 0 Å². The number of rotatable bonds is 5. The van der Waals surface area contributed by atoms with Crippen molar-refractivity contribution in [3.8, 4) is 0 Å². The summed E-state index contributed by atoms with van der Waals surface area (Å²) in [5, 5.41) is 11.8. The number of hydrogen-bond donors (Lipinski definition) is 2. The minimum absolute atomic E-state index is 0.0258. The van der Waals surface area contributed by atoms with Gasteiger partial charge < -0.3 is 15.3 Å². The van der Waals surface area contributed by atoms with Gasteiger partial charge in [-0.3, -0.25) is 0 Å². The van der Waals surface area contributed by atoms with E-state index in [-0.39, 0.29) is 12.6 Å². The van der Waals surface area contributed by atoms with Gasteiger partial charge in [-0.1, -0.05) is 12.8 Å². The third-order valence-corrected chi connectivity index (χ3v) is 2.94. The van der Waals surface area contributed by atoms with Crippen LogP contribution >= 0.6 is 0 Å². The second-order valence-corrected chi connectivity index (χ2v) is 4.09. The summed E-state index contributed by atoms with van der Waals surface area (Å²) >= 11 is 0. The lowest BCUT2D eigenvalue weighted by Gasteiger charge is -2.23. The molecule has 1 aliphatic carbocycles. The summed E-state index contributed by atoms with van der Waals surface area (Å²) < 4.78 is 0. The van der Waals surface area contributed by atoms with E-state index in [1.807, 2.05) is 6.92 Å². The van der Waals surface area contributed by atoms with Gasteiger partial charge >= 0.3 is 6.03 Å². The van der Waals surface area contributed by atoms with Crippen molar-refractivity contribution in [1.82, 2.24) is 10.2 Å². The van der Waals surface area contributed by atoms with Crippen LogP contribution in [-0.4, -0.2) is 41.8 Å². The van der Waals surface area contributed by atoms with Gasteiger partial charge in [0.1, 0.15) is 0 Å². The highest BCUT2D eigenvalue weighted by atomic mass is 16.3. The number of urea groups is 1. The molecular formula is C11H22N2O2. The first kappa shape index (κ1) is 12.3. The van der Waals surface area contributed by atoms with Crippen LogP contribution in [0.1, 0.15) is 39.0 Å². The largest absolute Gasteiger partial charge is 0.396 e. The second-order valence-electron chi connectivity index (χ2n) is 4.09. The molecule has 2 N–H and O–H groups in total. The molecule has 4 heteroatoms. The highest BCUT2D eigenvalue weighted by Crippen LogP contribution is 2.17. The maximum Gasteiger partial charge on any atom is 0.317 e. The predicted octanol–water partition coefficient (Wildman–Crippen LogP) is 1.34. The van der Waals surface area contributed by atoms with Gasteiger partial charge in [-0.2, -0.15) is 0 Å². The fourth-order valence-corrected chi connectivity index (χ4v) is 2.00. The van der Waals surface area contributed by atoms with Crippen LogP contribution < -0.4 is 5.32 Å².